The summed E-state index contributed by atoms with van der Waals surface area (Å²) in [4.78, 5) is 11.3. The van der Waals surface area contributed by atoms with Gasteiger partial charge in [-0.25, -0.2) is 0 Å². The highest BCUT2D eigenvalue weighted by Crippen LogP contribution is 2.21. The van der Waals surface area contributed by atoms with Crippen molar-refractivity contribution in [3.63, 3.8) is 0 Å². The van der Waals surface area contributed by atoms with E-state index < -0.39 is 18.2 Å². The average molecular weight is 197 g/mol. The molecule has 1 amide bonds. The fourth-order valence-corrected chi connectivity index (χ4v) is 1.32. The smallest absolute Gasteiger partial charge is 0.391 e. The monoisotopic (exact) mass is 197 g/mol. The second-order valence-corrected chi connectivity index (χ2v) is 3.04. The zero-order chi connectivity index (χ0) is 10.1. The minimum atomic E-state index is -4.82. The molecule has 0 aliphatic carbocycles. The maximum atomic E-state index is 11.9. The third-order valence-electron chi connectivity index (χ3n) is 1.93. The molecule has 1 saturated heterocycles. The van der Waals surface area contributed by atoms with Crippen LogP contribution in [0.1, 0.15) is 12.8 Å². The van der Waals surface area contributed by atoms with Crippen LogP contribution in [0.15, 0.2) is 0 Å². The largest absolute Gasteiger partial charge is 0.471 e. The molecule has 76 valence electrons. The number of β-amino-alcohol motifs (C(OH)–C–C–N with tert-alkyl or cyclic N) is 1. The van der Waals surface area contributed by atoms with E-state index >= 15 is 0 Å². The highest BCUT2D eigenvalue weighted by molar-refractivity contribution is 5.81. The van der Waals surface area contributed by atoms with Crippen LogP contribution >= 0.6 is 0 Å². The summed E-state index contributed by atoms with van der Waals surface area (Å²) in [6.07, 6.45) is -4.76. The number of amides is 1. The van der Waals surface area contributed by atoms with Gasteiger partial charge in [0.2, 0.25) is 0 Å². The van der Waals surface area contributed by atoms with Crippen molar-refractivity contribution >= 4 is 5.91 Å². The van der Waals surface area contributed by atoms with E-state index in [1.54, 1.807) is 0 Å². The van der Waals surface area contributed by atoms with Gasteiger partial charge in [0.15, 0.2) is 0 Å². The summed E-state index contributed by atoms with van der Waals surface area (Å²) in [6, 6.07) is 0. The predicted octanol–water partition coefficient (Wildman–Crippen LogP) is 0.532. The highest BCUT2D eigenvalue weighted by atomic mass is 19.4. The molecule has 1 aliphatic heterocycles. The number of aliphatic hydroxyl groups is 1. The summed E-state index contributed by atoms with van der Waals surface area (Å²) in [6.45, 7) is -0.131. The summed E-state index contributed by atoms with van der Waals surface area (Å²) < 4.78 is 35.7. The number of likely N-dealkylation sites (tertiary alicyclic amines) is 1. The fourth-order valence-electron chi connectivity index (χ4n) is 1.32. The lowest BCUT2D eigenvalue weighted by molar-refractivity contribution is -0.188. The van der Waals surface area contributed by atoms with Gasteiger partial charge in [-0.3, -0.25) is 4.79 Å². The van der Waals surface area contributed by atoms with Crippen molar-refractivity contribution in [2.75, 3.05) is 13.1 Å². The Bertz CT molecular complexity index is 204. The van der Waals surface area contributed by atoms with Crippen molar-refractivity contribution in [3.8, 4) is 0 Å². The van der Waals surface area contributed by atoms with Gasteiger partial charge in [-0.15, -0.1) is 0 Å². The van der Waals surface area contributed by atoms with Crippen LogP contribution in [0.5, 0.6) is 0 Å². The Morgan fingerprint density at radius 3 is 2.54 bits per heavy atom. The van der Waals surface area contributed by atoms with Crippen LogP contribution < -0.4 is 0 Å². The molecule has 1 heterocycles. The fraction of sp³-hybridized carbons (Fsp3) is 0.857. The summed E-state index contributed by atoms with van der Waals surface area (Å²) in [5.74, 6) is -1.86. The predicted molar refractivity (Wildman–Crippen MR) is 37.9 cm³/mol. The van der Waals surface area contributed by atoms with E-state index in [-0.39, 0.29) is 13.1 Å². The molecule has 0 spiro atoms. The van der Waals surface area contributed by atoms with Crippen molar-refractivity contribution < 1.29 is 23.1 Å². The Morgan fingerprint density at radius 2 is 2.08 bits per heavy atom. The minimum Gasteiger partial charge on any atom is -0.391 e. The lowest BCUT2D eigenvalue weighted by atomic mass is 10.1. The molecule has 0 unspecified atom stereocenters. The van der Waals surface area contributed by atoms with Gasteiger partial charge in [-0.2, -0.15) is 13.2 Å². The summed E-state index contributed by atoms with van der Waals surface area (Å²) in [5, 5.41) is 9.03. The number of carbonyl (C=O) groups excluding carboxylic acids is 1. The summed E-state index contributed by atoms with van der Waals surface area (Å²) in [7, 11) is 0. The number of hydrogen-bond acceptors (Lipinski definition) is 2. The van der Waals surface area contributed by atoms with Crippen LogP contribution in [-0.2, 0) is 4.79 Å². The molecule has 0 aromatic heterocycles. The standard InChI is InChI=1S/C7H10F3NO2/c8-7(9,10)6(13)11-3-1-2-5(12)4-11/h5,12H,1-4H2/t5-/m0/s1. The van der Waals surface area contributed by atoms with Crippen LogP contribution in [0.25, 0.3) is 0 Å². The van der Waals surface area contributed by atoms with Crippen molar-refractivity contribution in [1.82, 2.24) is 4.90 Å². The maximum absolute atomic E-state index is 11.9. The Balaban J connectivity index is 2.56. The molecule has 1 N–H and O–H groups in total. The third kappa shape index (κ3) is 2.58. The number of rotatable bonds is 0. The molecule has 0 aromatic carbocycles. The first-order valence-electron chi connectivity index (χ1n) is 3.95. The SMILES string of the molecule is O=C(N1CCC[C@H](O)C1)C(F)(F)F. The zero-order valence-corrected chi connectivity index (χ0v) is 6.84. The van der Waals surface area contributed by atoms with Crippen LogP contribution in [0, 0.1) is 0 Å². The van der Waals surface area contributed by atoms with E-state index in [9.17, 15) is 18.0 Å². The van der Waals surface area contributed by atoms with Crippen molar-refractivity contribution in [2.24, 2.45) is 0 Å². The number of nitrogens with zero attached hydrogens (tertiary/aromatic N) is 1. The normalized spacial score (nSPS) is 24.6. The van der Waals surface area contributed by atoms with Gasteiger partial charge < -0.3 is 10.0 Å². The van der Waals surface area contributed by atoms with Gasteiger partial charge in [0, 0.05) is 13.1 Å². The number of alkyl halides is 3. The van der Waals surface area contributed by atoms with Crippen LogP contribution in [0.3, 0.4) is 0 Å². The average Bonchev–Trinajstić information content (AvgIpc) is 2.01. The molecule has 6 heteroatoms. The van der Waals surface area contributed by atoms with Gasteiger partial charge in [-0.1, -0.05) is 0 Å². The molecule has 0 aromatic rings. The van der Waals surface area contributed by atoms with Crippen LogP contribution in [0.2, 0.25) is 0 Å². The van der Waals surface area contributed by atoms with E-state index in [0.29, 0.717) is 17.7 Å². The number of halogens is 3. The van der Waals surface area contributed by atoms with Crippen molar-refractivity contribution in [3.05, 3.63) is 0 Å². The molecule has 1 atom stereocenters. The first-order chi connectivity index (χ1) is 5.91. The molecular formula is C7H10F3NO2. The number of piperidine rings is 1. The summed E-state index contributed by atoms with van der Waals surface area (Å²) in [5.41, 5.74) is 0. The van der Waals surface area contributed by atoms with Gasteiger partial charge in [-0.05, 0) is 12.8 Å². The zero-order valence-electron chi connectivity index (χ0n) is 6.84. The molecule has 13 heavy (non-hydrogen) atoms. The minimum absolute atomic E-state index is 0.0788. The Morgan fingerprint density at radius 1 is 1.46 bits per heavy atom. The molecule has 0 saturated carbocycles. The van der Waals surface area contributed by atoms with Crippen LogP contribution in [-0.4, -0.2) is 41.3 Å². The molecule has 0 radical (unpaired) electrons. The summed E-state index contributed by atoms with van der Waals surface area (Å²) >= 11 is 0. The second kappa shape index (κ2) is 3.53. The van der Waals surface area contributed by atoms with Gasteiger partial charge in [0.25, 0.3) is 0 Å². The molecule has 1 rings (SSSR count). The Kier molecular flexibility index (Phi) is 2.80. The number of carbonyl (C=O) groups is 1. The molecule has 1 aliphatic rings. The van der Waals surface area contributed by atoms with E-state index in [0.717, 1.165) is 0 Å². The van der Waals surface area contributed by atoms with E-state index in [4.69, 9.17) is 5.11 Å². The number of hydrogen-bond donors (Lipinski definition) is 1. The Labute approximate surface area is 73.1 Å². The van der Waals surface area contributed by atoms with Gasteiger partial charge in [0.1, 0.15) is 0 Å². The highest BCUT2D eigenvalue weighted by Gasteiger charge is 2.43. The van der Waals surface area contributed by atoms with E-state index in [2.05, 4.69) is 0 Å². The van der Waals surface area contributed by atoms with Crippen LogP contribution in [0.4, 0.5) is 13.2 Å². The quantitative estimate of drug-likeness (QED) is 0.615. The topological polar surface area (TPSA) is 40.5 Å². The van der Waals surface area contributed by atoms with Crippen molar-refractivity contribution in [2.45, 2.75) is 25.1 Å². The molecule has 0 bridgehead atoms. The second-order valence-electron chi connectivity index (χ2n) is 3.04. The third-order valence-corrected chi connectivity index (χ3v) is 1.93. The number of aliphatic hydroxyl groups excluding tert-OH is 1. The van der Waals surface area contributed by atoms with Crippen molar-refractivity contribution in [1.29, 1.82) is 0 Å². The molecule has 1 fully saturated rings. The lowest BCUT2D eigenvalue weighted by Gasteiger charge is -2.30. The molecular weight excluding hydrogens is 187 g/mol. The first kappa shape index (κ1) is 10.3. The maximum Gasteiger partial charge on any atom is 0.471 e. The lowest BCUT2D eigenvalue weighted by Crippen LogP contribution is -2.47. The Hall–Kier alpha value is -0.780. The van der Waals surface area contributed by atoms with Gasteiger partial charge in [0.05, 0.1) is 6.10 Å². The van der Waals surface area contributed by atoms with E-state index in [1.165, 1.54) is 0 Å². The first-order valence-corrected chi connectivity index (χ1v) is 3.95. The van der Waals surface area contributed by atoms with Gasteiger partial charge >= 0.3 is 12.1 Å². The molecule has 3 nitrogen and oxygen atoms in total. The van der Waals surface area contributed by atoms with E-state index in [1.807, 2.05) is 0 Å².